The van der Waals surface area contributed by atoms with E-state index in [1.165, 1.54) is 0 Å². The van der Waals surface area contributed by atoms with Crippen molar-refractivity contribution in [3.05, 3.63) is 83.4 Å². The number of benzene rings is 3. The standard InChI is InChI=1S/C30H31ClN2O7/c1-2-3-19-38-30(37)21-11-13-22(14-12-21)33-28(35)20-39-29(36)10-6-9-27(34)32-23-15-17-24(18-16-23)40-26-8-5-4-7-25(26)31/h4-5,7-8,11-18H,2-3,6,9-10,19-20H2,1H3,(H,32,34)(H,33,35). The number of ether oxygens (including phenoxy) is 3. The number of carbonyl (C=O) groups is 4. The van der Waals surface area contributed by atoms with E-state index in [9.17, 15) is 19.2 Å². The van der Waals surface area contributed by atoms with Crippen LogP contribution in [-0.4, -0.2) is 37.0 Å². The van der Waals surface area contributed by atoms with E-state index >= 15 is 0 Å². The normalized spacial score (nSPS) is 10.3. The Morgan fingerprint density at radius 2 is 1.40 bits per heavy atom. The highest BCUT2D eigenvalue weighted by atomic mass is 35.5. The lowest BCUT2D eigenvalue weighted by Gasteiger charge is -2.09. The third-order valence-corrected chi connectivity index (χ3v) is 5.80. The summed E-state index contributed by atoms with van der Waals surface area (Å²) in [6.45, 7) is 1.90. The predicted molar refractivity (Wildman–Crippen MR) is 152 cm³/mol. The number of hydrogen-bond acceptors (Lipinski definition) is 7. The lowest BCUT2D eigenvalue weighted by atomic mass is 10.2. The fourth-order valence-electron chi connectivity index (χ4n) is 3.38. The molecule has 40 heavy (non-hydrogen) atoms. The second kappa shape index (κ2) is 15.9. The molecular formula is C30H31ClN2O7. The maximum atomic E-state index is 12.2. The van der Waals surface area contributed by atoms with Gasteiger partial charge in [-0.05, 0) is 73.5 Å². The predicted octanol–water partition coefficient (Wildman–Crippen LogP) is 6.38. The molecule has 0 bridgehead atoms. The summed E-state index contributed by atoms with van der Waals surface area (Å²) in [4.78, 5) is 48.2. The van der Waals surface area contributed by atoms with Crippen molar-refractivity contribution >= 4 is 46.7 Å². The largest absolute Gasteiger partial charge is 0.462 e. The number of carbonyl (C=O) groups excluding carboxylic acids is 4. The average Bonchev–Trinajstić information content (AvgIpc) is 2.94. The Morgan fingerprint density at radius 3 is 2.08 bits per heavy atom. The van der Waals surface area contributed by atoms with Crippen molar-refractivity contribution in [3.8, 4) is 11.5 Å². The van der Waals surface area contributed by atoms with Crippen molar-refractivity contribution in [2.45, 2.75) is 39.0 Å². The number of para-hydroxylation sites is 1. The Labute approximate surface area is 237 Å². The van der Waals surface area contributed by atoms with E-state index in [0.29, 0.717) is 40.1 Å². The molecule has 0 aliphatic carbocycles. The van der Waals surface area contributed by atoms with Gasteiger partial charge in [0.05, 0.1) is 17.2 Å². The molecule has 0 spiro atoms. The van der Waals surface area contributed by atoms with Crippen LogP contribution in [0, 0.1) is 0 Å². The van der Waals surface area contributed by atoms with Gasteiger partial charge in [-0.15, -0.1) is 0 Å². The van der Waals surface area contributed by atoms with Crippen molar-refractivity contribution in [3.63, 3.8) is 0 Å². The summed E-state index contributed by atoms with van der Waals surface area (Å²) in [5.74, 6) is -0.701. The van der Waals surface area contributed by atoms with E-state index in [1.54, 1.807) is 60.7 Å². The summed E-state index contributed by atoms with van der Waals surface area (Å²) in [6.07, 6.45) is 2.07. The van der Waals surface area contributed by atoms with Crippen LogP contribution in [0.5, 0.6) is 11.5 Å². The number of nitrogens with one attached hydrogen (secondary N) is 2. The molecule has 0 saturated heterocycles. The number of hydrogen-bond donors (Lipinski definition) is 2. The van der Waals surface area contributed by atoms with Gasteiger partial charge in [-0.1, -0.05) is 37.1 Å². The highest BCUT2D eigenvalue weighted by Gasteiger charge is 2.11. The number of anilines is 2. The first kappa shape index (κ1) is 30.2. The Balaban J connectivity index is 1.31. The SMILES string of the molecule is CCCCOC(=O)c1ccc(NC(=O)COC(=O)CCCC(=O)Nc2ccc(Oc3ccccc3Cl)cc2)cc1. The molecule has 0 radical (unpaired) electrons. The molecule has 3 aromatic carbocycles. The molecular weight excluding hydrogens is 536 g/mol. The minimum atomic E-state index is -0.589. The van der Waals surface area contributed by atoms with Gasteiger partial charge in [-0.25, -0.2) is 4.79 Å². The van der Waals surface area contributed by atoms with Gasteiger partial charge in [-0.2, -0.15) is 0 Å². The minimum Gasteiger partial charge on any atom is -0.462 e. The van der Waals surface area contributed by atoms with Crippen LogP contribution in [0.15, 0.2) is 72.8 Å². The second-order valence-corrected chi connectivity index (χ2v) is 9.14. The van der Waals surface area contributed by atoms with E-state index in [-0.39, 0.29) is 25.2 Å². The van der Waals surface area contributed by atoms with Crippen molar-refractivity contribution < 1.29 is 33.4 Å². The van der Waals surface area contributed by atoms with E-state index in [2.05, 4.69) is 10.6 Å². The fourth-order valence-corrected chi connectivity index (χ4v) is 3.55. The molecule has 2 N–H and O–H groups in total. The topological polar surface area (TPSA) is 120 Å². The maximum Gasteiger partial charge on any atom is 0.338 e. The van der Waals surface area contributed by atoms with Crippen LogP contribution in [-0.2, 0) is 23.9 Å². The first-order valence-electron chi connectivity index (χ1n) is 12.9. The number of amides is 2. The molecule has 0 heterocycles. The van der Waals surface area contributed by atoms with Crippen molar-refractivity contribution in [1.82, 2.24) is 0 Å². The van der Waals surface area contributed by atoms with E-state index in [1.807, 2.05) is 19.1 Å². The van der Waals surface area contributed by atoms with Crippen LogP contribution in [0.3, 0.4) is 0 Å². The molecule has 0 aromatic heterocycles. The molecule has 0 aliphatic rings. The van der Waals surface area contributed by atoms with Crippen LogP contribution in [0.25, 0.3) is 0 Å². The van der Waals surface area contributed by atoms with Gasteiger partial charge < -0.3 is 24.8 Å². The first-order valence-corrected chi connectivity index (χ1v) is 13.3. The number of unbranched alkanes of at least 4 members (excludes halogenated alkanes) is 1. The molecule has 3 aromatic rings. The van der Waals surface area contributed by atoms with Gasteiger partial charge >= 0.3 is 11.9 Å². The van der Waals surface area contributed by atoms with Crippen molar-refractivity contribution in [2.75, 3.05) is 23.8 Å². The number of halogens is 1. The monoisotopic (exact) mass is 566 g/mol. The van der Waals surface area contributed by atoms with Gasteiger partial charge in [0, 0.05) is 24.2 Å². The fraction of sp³-hybridized carbons (Fsp3) is 0.267. The van der Waals surface area contributed by atoms with Crippen LogP contribution < -0.4 is 15.4 Å². The Hall–Kier alpha value is -4.37. The zero-order valence-corrected chi connectivity index (χ0v) is 22.9. The van der Waals surface area contributed by atoms with E-state index < -0.39 is 24.5 Å². The molecule has 0 saturated carbocycles. The molecule has 0 atom stereocenters. The maximum absolute atomic E-state index is 12.2. The van der Waals surface area contributed by atoms with Gasteiger partial charge in [-0.3, -0.25) is 14.4 Å². The highest BCUT2D eigenvalue weighted by molar-refractivity contribution is 6.32. The van der Waals surface area contributed by atoms with E-state index in [0.717, 1.165) is 12.8 Å². The molecule has 9 nitrogen and oxygen atoms in total. The summed E-state index contributed by atoms with van der Waals surface area (Å²) in [5.41, 5.74) is 1.41. The zero-order chi connectivity index (χ0) is 28.7. The molecule has 3 rings (SSSR count). The smallest absolute Gasteiger partial charge is 0.338 e. The Kier molecular flexibility index (Phi) is 12.0. The van der Waals surface area contributed by atoms with Gasteiger partial charge in [0.15, 0.2) is 6.61 Å². The molecule has 0 unspecified atom stereocenters. The molecule has 2 amide bonds. The third kappa shape index (κ3) is 10.4. The van der Waals surface area contributed by atoms with Gasteiger partial charge in [0.1, 0.15) is 11.5 Å². The van der Waals surface area contributed by atoms with Crippen LogP contribution >= 0.6 is 11.6 Å². The van der Waals surface area contributed by atoms with Gasteiger partial charge in [0.2, 0.25) is 5.91 Å². The van der Waals surface area contributed by atoms with Crippen molar-refractivity contribution in [1.29, 1.82) is 0 Å². The molecule has 210 valence electrons. The average molecular weight is 567 g/mol. The molecule has 0 aliphatic heterocycles. The quantitative estimate of drug-likeness (QED) is 0.171. The second-order valence-electron chi connectivity index (χ2n) is 8.73. The molecule has 10 heteroatoms. The van der Waals surface area contributed by atoms with Gasteiger partial charge in [0.25, 0.3) is 5.91 Å². The summed E-state index contributed by atoms with van der Waals surface area (Å²) in [5, 5.41) is 5.84. The summed E-state index contributed by atoms with van der Waals surface area (Å²) in [6, 6.07) is 20.1. The molecule has 0 fully saturated rings. The first-order chi connectivity index (χ1) is 19.3. The number of esters is 2. The Morgan fingerprint density at radius 1 is 0.750 bits per heavy atom. The van der Waals surface area contributed by atoms with Crippen LogP contribution in [0.2, 0.25) is 5.02 Å². The summed E-state index contributed by atoms with van der Waals surface area (Å²) in [7, 11) is 0. The lowest BCUT2D eigenvalue weighted by Crippen LogP contribution is -2.21. The third-order valence-electron chi connectivity index (χ3n) is 5.49. The number of rotatable bonds is 14. The van der Waals surface area contributed by atoms with Crippen LogP contribution in [0.4, 0.5) is 11.4 Å². The lowest BCUT2D eigenvalue weighted by molar-refractivity contribution is -0.147. The summed E-state index contributed by atoms with van der Waals surface area (Å²) >= 11 is 6.09. The Bertz CT molecular complexity index is 1290. The zero-order valence-electron chi connectivity index (χ0n) is 22.1. The van der Waals surface area contributed by atoms with Crippen LogP contribution in [0.1, 0.15) is 49.4 Å². The highest BCUT2D eigenvalue weighted by Crippen LogP contribution is 2.29. The van der Waals surface area contributed by atoms with E-state index in [4.69, 9.17) is 25.8 Å². The van der Waals surface area contributed by atoms with Crippen molar-refractivity contribution in [2.24, 2.45) is 0 Å². The summed E-state index contributed by atoms with van der Waals surface area (Å²) < 4.78 is 15.8. The minimum absolute atomic E-state index is 0.0137.